The molecule has 1 fully saturated rings. The van der Waals surface area contributed by atoms with Gasteiger partial charge in [0.1, 0.15) is 0 Å². The fraction of sp³-hybridized carbons (Fsp3) is 0.625. The molecule has 1 atom stereocenters. The third-order valence-electron chi connectivity index (χ3n) is 3.98. The Hall–Kier alpha value is -1.18. The Balaban J connectivity index is 1.96. The lowest BCUT2D eigenvalue weighted by atomic mass is 10.1. The highest BCUT2D eigenvalue weighted by Gasteiger charge is 2.11. The van der Waals surface area contributed by atoms with Crippen LogP contribution in [-0.2, 0) is 0 Å². The molecule has 1 heterocycles. The van der Waals surface area contributed by atoms with E-state index >= 15 is 0 Å². The van der Waals surface area contributed by atoms with E-state index in [1.807, 2.05) is 0 Å². The van der Waals surface area contributed by atoms with Crippen LogP contribution in [0.3, 0.4) is 0 Å². The third-order valence-corrected chi connectivity index (χ3v) is 3.98. The van der Waals surface area contributed by atoms with E-state index in [-0.39, 0.29) is 0 Å². The summed E-state index contributed by atoms with van der Waals surface area (Å²) >= 11 is 0. The summed E-state index contributed by atoms with van der Waals surface area (Å²) in [4.78, 5) is 2.50. The number of nitrogens with zero attached hydrogens (tertiary/aromatic N) is 1. The van der Waals surface area contributed by atoms with E-state index in [4.69, 9.17) is 0 Å². The molecule has 1 saturated heterocycles. The smallest absolute Gasteiger partial charge is 0.0367 e. The maximum Gasteiger partial charge on any atom is 0.0367 e. The summed E-state index contributed by atoms with van der Waals surface area (Å²) in [6, 6.07) is 9.44. The molecule has 1 aliphatic rings. The number of anilines is 2. The van der Waals surface area contributed by atoms with Crippen LogP contribution in [0.15, 0.2) is 24.3 Å². The van der Waals surface area contributed by atoms with Crippen molar-refractivity contribution in [3.63, 3.8) is 0 Å². The molecule has 0 spiro atoms. The van der Waals surface area contributed by atoms with Gasteiger partial charge in [-0.1, -0.05) is 13.8 Å². The second-order valence-electron chi connectivity index (χ2n) is 5.77. The Morgan fingerprint density at radius 3 is 2.11 bits per heavy atom. The Bertz CT molecular complexity index is 350. The molecule has 1 aliphatic heterocycles. The first-order valence-corrected chi connectivity index (χ1v) is 7.28. The van der Waals surface area contributed by atoms with Gasteiger partial charge >= 0.3 is 0 Å². The van der Waals surface area contributed by atoms with Crippen molar-refractivity contribution in [2.75, 3.05) is 23.3 Å². The summed E-state index contributed by atoms with van der Waals surface area (Å²) in [5, 5.41) is 3.55. The zero-order chi connectivity index (χ0) is 13.0. The molecule has 0 saturated carbocycles. The van der Waals surface area contributed by atoms with Crippen LogP contribution in [0.25, 0.3) is 0 Å². The van der Waals surface area contributed by atoms with Crippen molar-refractivity contribution >= 4 is 11.4 Å². The molecular formula is C16H26N2. The normalized spacial score (nSPS) is 17.9. The monoisotopic (exact) mass is 246 g/mol. The van der Waals surface area contributed by atoms with Crippen molar-refractivity contribution in [1.82, 2.24) is 0 Å². The lowest BCUT2D eigenvalue weighted by Gasteiger charge is -2.29. The van der Waals surface area contributed by atoms with Crippen molar-refractivity contribution in [3.8, 4) is 0 Å². The molecule has 1 unspecified atom stereocenters. The molecule has 0 aliphatic carbocycles. The van der Waals surface area contributed by atoms with Crippen LogP contribution in [0.2, 0.25) is 0 Å². The second kappa shape index (κ2) is 6.12. The van der Waals surface area contributed by atoms with Gasteiger partial charge in [-0.15, -0.1) is 0 Å². The van der Waals surface area contributed by atoms with Gasteiger partial charge in [0, 0.05) is 30.5 Å². The molecule has 1 aromatic carbocycles. The first-order chi connectivity index (χ1) is 8.66. The first kappa shape index (κ1) is 13.3. The fourth-order valence-corrected chi connectivity index (χ4v) is 2.35. The van der Waals surface area contributed by atoms with E-state index in [1.54, 1.807) is 0 Å². The minimum atomic E-state index is 0.519. The van der Waals surface area contributed by atoms with Crippen molar-refractivity contribution in [2.45, 2.75) is 46.1 Å². The molecule has 1 N–H and O–H groups in total. The molecule has 0 amide bonds. The van der Waals surface area contributed by atoms with Crippen LogP contribution < -0.4 is 10.2 Å². The van der Waals surface area contributed by atoms with Gasteiger partial charge in [-0.3, -0.25) is 0 Å². The van der Waals surface area contributed by atoms with Crippen LogP contribution >= 0.6 is 0 Å². The zero-order valence-electron chi connectivity index (χ0n) is 11.9. The Morgan fingerprint density at radius 1 is 0.944 bits per heavy atom. The average molecular weight is 246 g/mol. The summed E-state index contributed by atoms with van der Waals surface area (Å²) in [5.74, 6) is 0.659. The topological polar surface area (TPSA) is 15.3 Å². The lowest BCUT2D eigenvalue weighted by molar-refractivity contribution is 0.560. The van der Waals surface area contributed by atoms with Crippen molar-refractivity contribution in [3.05, 3.63) is 24.3 Å². The van der Waals surface area contributed by atoms with E-state index in [0.717, 1.165) is 0 Å². The molecule has 100 valence electrons. The van der Waals surface area contributed by atoms with Gasteiger partial charge in [0.2, 0.25) is 0 Å². The highest BCUT2D eigenvalue weighted by molar-refractivity contribution is 5.55. The number of nitrogens with one attached hydrogen (secondary N) is 1. The van der Waals surface area contributed by atoms with Crippen LogP contribution in [-0.4, -0.2) is 19.1 Å². The average Bonchev–Trinajstić information content (AvgIpc) is 2.40. The summed E-state index contributed by atoms with van der Waals surface area (Å²) in [6.07, 6.45) is 4.07. The molecule has 0 radical (unpaired) electrons. The zero-order valence-corrected chi connectivity index (χ0v) is 11.9. The van der Waals surface area contributed by atoms with Gasteiger partial charge in [0.25, 0.3) is 0 Å². The molecule has 2 rings (SSSR count). The van der Waals surface area contributed by atoms with Crippen LogP contribution in [0.4, 0.5) is 11.4 Å². The van der Waals surface area contributed by atoms with Gasteiger partial charge < -0.3 is 10.2 Å². The standard InChI is InChI=1S/C16H26N2/c1-13(2)14(3)17-15-7-9-16(10-8-15)18-11-5-4-6-12-18/h7-10,13-14,17H,4-6,11-12H2,1-3H3. The predicted molar refractivity (Wildman–Crippen MR) is 80.4 cm³/mol. The van der Waals surface area contributed by atoms with Gasteiger partial charge in [0.15, 0.2) is 0 Å². The summed E-state index contributed by atoms with van der Waals surface area (Å²) in [7, 11) is 0. The number of hydrogen-bond acceptors (Lipinski definition) is 2. The van der Waals surface area contributed by atoms with Gasteiger partial charge in [0.05, 0.1) is 0 Å². The summed E-state index contributed by atoms with van der Waals surface area (Å²) in [6.45, 7) is 9.17. The Morgan fingerprint density at radius 2 is 1.56 bits per heavy atom. The highest BCUT2D eigenvalue weighted by Crippen LogP contribution is 2.22. The Labute approximate surface area is 111 Å². The molecule has 18 heavy (non-hydrogen) atoms. The number of hydrogen-bond donors (Lipinski definition) is 1. The quantitative estimate of drug-likeness (QED) is 0.859. The predicted octanol–water partition coefficient (Wildman–Crippen LogP) is 4.13. The first-order valence-electron chi connectivity index (χ1n) is 7.28. The number of benzene rings is 1. The molecule has 0 aromatic heterocycles. The number of rotatable bonds is 4. The largest absolute Gasteiger partial charge is 0.382 e. The van der Waals surface area contributed by atoms with Crippen molar-refractivity contribution < 1.29 is 0 Å². The van der Waals surface area contributed by atoms with Gasteiger partial charge in [-0.25, -0.2) is 0 Å². The summed E-state index contributed by atoms with van der Waals surface area (Å²) < 4.78 is 0. The highest BCUT2D eigenvalue weighted by atomic mass is 15.1. The third kappa shape index (κ3) is 3.41. The molecule has 2 heteroatoms. The van der Waals surface area contributed by atoms with Crippen LogP contribution in [0, 0.1) is 5.92 Å². The van der Waals surface area contributed by atoms with Gasteiger partial charge in [-0.2, -0.15) is 0 Å². The van der Waals surface area contributed by atoms with Crippen molar-refractivity contribution in [2.24, 2.45) is 5.92 Å². The van der Waals surface area contributed by atoms with E-state index in [9.17, 15) is 0 Å². The number of piperidine rings is 1. The SMILES string of the molecule is CC(C)C(C)Nc1ccc(N2CCCCC2)cc1. The molecule has 0 bridgehead atoms. The minimum absolute atomic E-state index is 0.519. The Kier molecular flexibility index (Phi) is 4.51. The maximum absolute atomic E-state index is 3.55. The maximum atomic E-state index is 3.55. The van der Waals surface area contributed by atoms with E-state index in [1.165, 1.54) is 43.7 Å². The van der Waals surface area contributed by atoms with E-state index < -0.39 is 0 Å². The molecular weight excluding hydrogens is 220 g/mol. The second-order valence-corrected chi connectivity index (χ2v) is 5.77. The van der Waals surface area contributed by atoms with E-state index in [0.29, 0.717) is 12.0 Å². The van der Waals surface area contributed by atoms with Crippen molar-refractivity contribution in [1.29, 1.82) is 0 Å². The minimum Gasteiger partial charge on any atom is -0.382 e. The van der Waals surface area contributed by atoms with Gasteiger partial charge in [-0.05, 0) is 56.4 Å². The summed E-state index contributed by atoms with van der Waals surface area (Å²) in [5.41, 5.74) is 2.61. The van der Waals surface area contributed by atoms with Crippen LogP contribution in [0.1, 0.15) is 40.0 Å². The van der Waals surface area contributed by atoms with Crippen LogP contribution in [0.5, 0.6) is 0 Å². The molecule has 2 nitrogen and oxygen atoms in total. The van der Waals surface area contributed by atoms with E-state index in [2.05, 4.69) is 55.3 Å². The fourth-order valence-electron chi connectivity index (χ4n) is 2.35. The lowest BCUT2D eigenvalue weighted by Crippen LogP contribution is -2.29. The molecule has 1 aromatic rings.